The summed E-state index contributed by atoms with van der Waals surface area (Å²) in [6, 6.07) is -1.88. The number of guanidine groups is 1. The van der Waals surface area contributed by atoms with Crippen molar-refractivity contribution >= 4 is 70.3 Å². The van der Waals surface area contributed by atoms with Gasteiger partial charge in [-0.15, -0.1) is 16.3 Å². The quantitative estimate of drug-likeness (QED) is 0.0421. The van der Waals surface area contributed by atoms with Gasteiger partial charge in [0.1, 0.15) is 39.8 Å². The van der Waals surface area contributed by atoms with E-state index in [1.165, 1.54) is 21.3 Å². The molecule has 0 unspecified atom stereocenters. The average Bonchev–Trinajstić information content (AvgIpc) is 3.61. The number of anilines is 1. The van der Waals surface area contributed by atoms with Crippen LogP contribution in [0.2, 0.25) is 0 Å². The predicted octanol–water partition coefficient (Wildman–Crippen LogP) is 3.98. The second-order valence-corrected chi connectivity index (χ2v) is 20.5. The third-order valence-electron chi connectivity index (χ3n) is 8.63. The van der Waals surface area contributed by atoms with Crippen LogP contribution in [0.25, 0.3) is 0 Å². The topological polar surface area (TPSA) is 309 Å². The fraction of sp³-hybridized carbons (Fsp3) is 0.659. The SMILES string of the molecule is CN(Cc1cnn(C[C@H]2NC(=O)[C@H]2NC(=O)/C(=N\OC2(C(=O)O)CC2)c2csc(NC(=O)OC(C)(C)C)n2)n1)C(=NC(=O)OC(C)(C)C)N(CCCNC(=O)OC(C)(C)C)C(=O)OC(C)(C)C. The molecular weight excluding hydrogens is 901 g/mol. The first-order chi connectivity index (χ1) is 30.8. The number of oxime groups is 1. The zero-order valence-electron chi connectivity index (χ0n) is 40.1. The van der Waals surface area contributed by atoms with E-state index >= 15 is 0 Å². The molecule has 0 bridgehead atoms. The Labute approximate surface area is 391 Å². The standard InChI is InChI=1S/C41H62N12O13S/c1-37(2,3)62-33(58)42-17-14-18-52(36(61)65-40(10,11)12)32(48-35(60)64-39(7,8)9)51(13)20-23-19-43-53(49-23)21-24-26(28(54)44-24)46-29(55)27(50-66-41(15-16-41)30(56)57)25-22-67-31(45-25)47-34(59)63-38(4,5)6/h19,22,24,26H,14-18,20-21H2,1-13H3,(H,42,58)(H,44,54)(H,46,55)(H,56,57)(H,45,47,59)/b48-32?,50-27-/t24-,26+/m1/s1. The van der Waals surface area contributed by atoms with Gasteiger partial charge in [-0.05, 0) is 89.5 Å². The molecule has 0 radical (unpaired) electrons. The molecule has 2 aromatic rings. The van der Waals surface area contributed by atoms with Gasteiger partial charge < -0.3 is 49.7 Å². The molecule has 26 heteroatoms. The maximum Gasteiger partial charge on any atom is 0.437 e. The molecule has 0 spiro atoms. The van der Waals surface area contributed by atoms with E-state index in [1.807, 2.05) is 0 Å². The normalized spacial score (nSPS) is 17.2. The van der Waals surface area contributed by atoms with Crippen molar-refractivity contribution < 1.29 is 62.5 Å². The molecule has 2 aromatic heterocycles. The lowest BCUT2D eigenvalue weighted by Gasteiger charge is -2.36. The number of rotatable bonds is 15. The summed E-state index contributed by atoms with van der Waals surface area (Å²) in [6.45, 7) is 20.1. The van der Waals surface area contributed by atoms with Gasteiger partial charge >= 0.3 is 30.3 Å². The van der Waals surface area contributed by atoms with Crippen LogP contribution in [0.4, 0.5) is 24.3 Å². The van der Waals surface area contributed by atoms with Crippen LogP contribution >= 0.6 is 11.3 Å². The van der Waals surface area contributed by atoms with Gasteiger partial charge in [-0.3, -0.25) is 14.9 Å². The van der Waals surface area contributed by atoms with Crippen LogP contribution in [0.15, 0.2) is 21.7 Å². The Kier molecular flexibility index (Phi) is 16.6. The van der Waals surface area contributed by atoms with Crippen molar-refractivity contribution in [2.45, 2.75) is 156 Å². The lowest BCUT2D eigenvalue weighted by atomic mass is 9.98. The molecule has 2 fully saturated rings. The van der Waals surface area contributed by atoms with Gasteiger partial charge in [0, 0.05) is 38.4 Å². The van der Waals surface area contributed by atoms with Crippen LogP contribution in [-0.4, -0.2) is 149 Å². The molecule has 2 atom stereocenters. The number of aliphatic carboxylic acids is 1. The highest BCUT2D eigenvalue weighted by atomic mass is 32.1. The molecular formula is C41H62N12O13S. The first kappa shape index (κ1) is 53.0. The molecule has 3 heterocycles. The fourth-order valence-corrected chi connectivity index (χ4v) is 6.31. The van der Waals surface area contributed by atoms with Gasteiger partial charge in [0.25, 0.3) is 5.91 Å². The van der Waals surface area contributed by atoms with Crippen LogP contribution in [0.3, 0.4) is 0 Å². The van der Waals surface area contributed by atoms with Crippen molar-refractivity contribution in [1.82, 2.24) is 45.7 Å². The fourth-order valence-electron chi connectivity index (χ4n) is 5.63. The summed E-state index contributed by atoms with van der Waals surface area (Å²) in [7, 11) is 1.56. The van der Waals surface area contributed by atoms with E-state index in [9.17, 15) is 38.7 Å². The van der Waals surface area contributed by atoms with Crippen molar-refractivity contribution in [3.63, 3.8) is 0 Å². The third kappa shape index (κ3) is 17.0. The Bertz CT molecular complexity index is 2230. The van der Waals surface area contributed by atoms with Crippen molar-refractivity contribution in [2.24, 2.45) is 10.1 Å². The highest BCUT2D eigenvalue weighted by molar-refractivity contribution is 7.14. The average molecular weight is 963 g/mol. The third-order valence-corrected chi connectivity index (χ3v) is 9.38. The molecule has 1 aliphatic carbocycles. The number of nitrogens with one attached hydrogen (secondary N) is 4. The number of aliphatic imine (C=N–C) groups is 1. The molecule has 1 saturated heterocycles. The van der Waals surface area contributed by atoms with Crippen molar-refractivity contribution in [2.75, 3.05) is 25.5 Å². The minimum atomic E-state index is -1.62. The Morgan fingerprint density at radius 2 is 1.54 bits per heavy atom. The Hall–Kier alpha value is -6.60. The Morgan fingerprint density at radius 1 is 0.925 bits per heavy atom. The number of carbonyl (C=O) groups excluding carboxylic acids is 6. The Balaban J connectivity index is 1.51. The summed E-state index contributed by atoms with van der Waals surface area (Å²) in [6.07, 6.45) is -1.36. The summed E-state index contributed by atoms with van der Waals surface area (Å²) < 4.78 is 21.7. The molecule has 4 rings (SSSR count). The van der Waals surface area contributed by atoms with E-state index in [2.05, 4.69) is 46.6 Å². The number of nitrogens with zero attached hydrogens (tertiary/aromatic N) is 8. The number of β-lactam (4-membered cyclic amide) rings is 1. The smallest absolute Gasteiger partial charge is 0.437 e. The number of alkyl carbamates (subject to hydrolysis) is 1. The summed E-state index contributed by atoms with van der Waals surface area (Å²) in [5.74, 6) is -2.90. The van der Waals surface area contributed by atoms with Gasteiger partial charge in [-0.2, -0.15) is 15.0 Å². The summed E-state index contributed by atoms with van der Waals surface area (Å²) in [5.41, 5.74) is -5.22. The number of carboxylic acid groups (broad SMARTS) is 1. The van der Waals surface area contributed by atoms with E-state index in [-0.39, 0.29) is 62.2 Å². The highest BCUT2D eigenvalue weighted by Gasteiger charge is 2.55. The van der Waals surface area contributed by atoms with E-state index in [0.717, 1.165) is 16.2 Å². The van der Waals surface area contributed by atoms with E-state index in [4.69, 9.17) is 23.8 Å². The highest BCUT2D eigenvalue weighted by Crippen LogP contribution is 2.40. The molecule has 2 aliphatic rings. The van der Waals surface area contributed by atoms with Crippen molar-refractivity contribution in [3.8, 4) is 0 Å². The number of hydrogen-bond donors (Lipinski definition) is 5. The number of carboxylic acids is 1. The monoisotopic (exact) mass is 962 g/mol. The van der Waals surface area contributed by atoms with Crippen LogP contribution in [0.1, 0.15) is 114 Å². The van der Waals surface area contributed by atoms with Gasteiger partial charge in [0.05, 0.1) is 25.3 Å². The number of aromatic nitrogens is 4. The molecule has 1 saturated carbocycles. The first-order valence-electron chi connectivity index (χ1n) is 21.3. The largest absolute Gasteiger partial charge is 0.478 e. The van der Waals surface area contributed by atoms with Gasteiger partial charge in [-0.25, -0.2) is 33.9 Å². The minimum Gasteiger partial charge on any atom is -0.478 e. The summed E-state index contributed by atoms with van der Waals surface area (Å²) in [5, 5.41) is 34.2. The van der Waals surface area contributed by atoms with Gasteiger partial charge in [0.2, 0.25) is 17.5 Å². The number of hydrogen-bond acceptors (Lipinski definition) is 17. The van der Waals surface area contributed by atoms with Crippen molar-refractivity contribution in [1.29, 1.82) is 0 Å². The van der Waals surface area contributed by atoms with Gasteiger partial charge in [-0.1, -0.05) is 5.16 Å². The summed E-state index contributed by atoms with van der Waals surface area (Å²) in [4.78, 5) is 108. The van der Waals surface area contributed by atoms with Crippen LogP contribution < -0.4 is 21.3 Å². The molecule has 67 heavy (non-hydrogen) atoms. The maximum absolute atomic E-state index is 13.8. The van der Waals surface area contributed by atoms with Crippen molar-refractivity contribution in [3.05, 3.63) is 23.0 Å². The lowest BCUT2D eigenvalue weighted by molar-refractivity contribution is -0.153. The predicted molar refractivity (Wildman–Crippen MR) is 240 cm³/mol. The number of ether oxygens (including phenoxy) is 4. The Morgan fingerprint density at radius 3 is 2.10 bits per heavy atom. The molecule has 5 N–H and O–H groups in total. The minimum absolute atomic E-state index is 0.0420. The molecule has 6 amide bonds. The maximum atomic E-state index is 13.8. The second kappa shape index (κ2) is 20.9. The van der Waals surface area contributed by atoms with Crippen LogP contribution in [0.5, 0.6) is 0 Å². The van der Waals surface area contributed by atoms with E-state index < -0.39 is 88.0 Å². The zero-order valence-corrected chi connectivity index (χ0v) is 40.9. The second-order valence-electron chi connectivity index (χ2n) is 19.6. The van der Waals surface area contributed by atoms with Gasteiger partial charge in [0.15, 0.2) is 10.8 Å². The molecule has 25 nitrogen and oxygen atoms in total. The molecule has 0 aromatic carbocycles. The molecule has 1 aliphatic heterocycles. The first-order valence-corrected chi connectivity index (χ1v) is 22.2. The number of amides is 6. The number of thiazole rings is 1. The lowest BCUT2D eigenvalue weighted by Crippen LogP contribution is -2.70. The molecule has 370 valence electrons. The van der Waals surface area contributed by atoms with E-state index in [1.54, 1.807) is 90.1 Å². The summed E-state index contributed by atoms with van der Waals surface area (Å²) >= 11 is 0.938. The van der Waals surface area contributed by atoms with Crippen LogP contribution in [-0.2, 0) is 51.3 Å². The van der Waals surface area contributed by atoms with E-state index in [0.29, 0.717) is 5.69 Å². The van der Waals surface area contributed by atoms with Crippen LogP contribution in [0, 0.1) is 0 Å². The zero-order chi connectivity index (χ0) is 50.3. The number of carbonyl (C=O) groups is 7.